The molecule has 2 nitrogen and oxygen atoms in total. The summed E-state index contributed by atoms with van der Waals surface area (Å²) in [7, 11) is 0. The first-order chi connectivity index (χ1) is 6.79. The molecule has 1 aromatic heterocycles. The van der Waals surface area contributed by atoms with E-state index in [4.69, 9.17) is 10.2 Å². The number of hydrogen-bond acceptors (Lipinski definition) is 2. The van der Waals surface area contributed by atoms with Crippen molar-refractivity contribution in [2.24, 2.45) is 11.7 Å². The van der Waals surface area contributed by atoms with Crippen LogP contribution in [-0.4, -0.2) is 6.54 Å². The van der Waals surface area contributed by atoms with Gasteiger partial charge in [-0.05, 0) is 42.6 Å². The molecule has 0 fully saturated rings. The fourth-order valence-electron chi connectivity index (χ4n) is 1.63. The number of hydrogen-bond donors (Lipinski definition) is 1. The molecule has 0 aliphatic heterocycles. The normalized spacial score (nSPS) is 13.3. The van der Waals surface area contributed by atoms with Crippen molar-refractivity contribution in [3.8, 4) is 0 Å². The summed E-state index contributed by atoms with van der Waals surface area (Å²) in [5.41, 5.74) is 7.88. The highest BCUT2D eigenvalue weighted by Gasteiger charge is 2.03. The molecule has 2 heteroatoms. The summed E-state index contributed by atoms with van der Waals surface area (Å²) in [6.07, 6.45) is 2.76. The van der Waals surface area contributed by atoms with Crippen LogP contribution in [0.1, 0.15) is 12.5 Å². The van der Waals surface area contributed by atoms with Crippen LogP contribution in [-0.2, 0) is 6.42 Å². The maximum absolute atomic E-state index is 5.59. The molecule has 0 amide bonds. The fraction of sp³-hybridized carbons (Fsp3) is 0.333. The van der Waals surface area contributed by atoms with Gasteiger partial charge in [-0.15, -0.1) is 0 Å². The maximum Gasteiger partial charge on any atom is 0.133 e. The topological polar surface area (TPSA) is 39.2 Å². The largest absolute Gasteiger partial charge is 0.464 e. The molecular formula is C12H15NO. The monoisotopic (exact) mass is 189 g/mol. The zero-order chi connectivity index (χ0) is 9.97. The van der Waals surface area contributed by atoms with E-state index in [9.17, 15) is 0 Å². The molecule has 1 heterocycles. The van der Waals surface area contributed by atoms with Crippen molar-refractivity contribution in [3.63, 3.8) is 0 Å². The Hall–Kier alpha value is -1.28. The Morgan fingerprint density at radius 3 is 3.00 bits per heavy atom. The van der Waals surface area contributed by atoms with Crippen LogP contribution in [0.4, 0.5) is 0 Å². The summed E-state index contributed by atoms with van der Waals surface area (Å²) in [6, 6.07) is 8.29. The van der Waals surface area contributed by atoms with E-state index in [0.29, 0.717) is 5.92 Å². The second-order valence-corrected chi connectivity index (χ2v) is 3.84. The van der Waals surface area contributed by atoms with Crippen LogP contribution in [0.5, 0.6) is 0 Å². The smallest absolute Gasteiger partial charge is 0.133 e. The molecule has 1 atom stereocenters. The summed E-state index contributed by atoms with van der Waals surface area (Å²) in [6.45, 7) is 2.91. The minimum absolute atomic E-state index is 0.541. The Bertz CT molecular complexity index is 419. The molecule has 14 heavy (non-hydrogen) atoms. The minimum atomic E-state index is 0.541. The first-order valence-corrected chi connectivity index (χ1v) is 4.96. The highest BCUT2D eigenvalue weighted by Crippen LogP contribution is 2.18. The Morgan fingerprint density at radius 2 is 2.21 bits per heavy atom. The molecular weight excluding hydrogens is 174 g/mol. The Morgan fingerprint density at radius 1 is 1.36 bits per heavy atom. The van der Waals surface area contributed by atoms with Crippen LogP contribution in [0, 0.1) is 5.92 Å². The van der Waals surface area contributed by atoms with Crippen LogP contribution < -0.4 is 5.73 Å². The van der Waals surface area contributed by atoms with E-state index < -0.39 is 0 Å². The molecule has 74 valence electrons. The Labute approximate surface area is 83.7 Å². The van der Waals surface area contributed by atoms with Crippen LogP contribution in [0.25, 0.3) is 11.0 Å². The SMILES string of the molecule is CC(CN)Cc1ccc2occc2c1. The molecule has 1 aromatic carbocycles. The standard InChI is InChI=1S/C12H15NO/c1-9(8-13)6-10-2-3-12-11(7-10)4-5-14-12/h2-5,7,9H,6,8,13H2,1H3. The average molecular weight is 189 g/mol. The van der Waals surface area contributed by atoms with Gasteiger partial charge in [-0.1, -0.05) is 13.0 Å². The summed E-state index contributed by atoms with van der Waals surface area (Å²) >= 11 is 0. The molecule has 0 spiro atoms. The summed E-state index contributed by atoms with van der Waals surface area (Å²) < 4.78 is 5.28. The Balaban J connectivity index is 2.25. The van der Waals surface area contributed by atoms with Gasteiger partial charge in [0.2, 0.25) is 0 Å². The molecule has 0 aliphatic carbocycles. The van der Waals surface area contributed by atoms with E-state index in [1.165, 1.54) is 10.9 Å². The zero-order valence-electron chi connectivity index (χ0n) is 8.36. The molecule has 0 saturated heterocycles. The number of fused-ring (bicyclic) bond motifs is 1. The van der Waals surface area contributed by atoms with Gasteiger partial charge in [0.25, 0.3) is 0 Å². The zero-order valence-corrected chi connectivity index (χ0v) is 8.36. The molecule has 1 unspecified atom stereocenters. The quantitative estimate of drug-likeness (QED) is 0.806. The van der Waals surface area contributed by atoms with Crippen LogP contribution in [0.2, 0.25) is 0 Å². The van der Waals surface area contributed by atoms with Crippen LogP contribution >= 0.6 is 0 Å². The molecule has 0 bridgehead atoms. The lowest BCUT2D eigenvalue weighted by Crippen LogP contribution is -2.12. The predicted octanol–water partition coefficient (Wildman–Crippen LogP) is 2.57. The summed E-state index contributed by atoms with van der Waals surface area (Å²) in [4.78, 5) is 0. The maximum atomic E-state index is 5.59. The van der Waals surface area contributed by atoms with Gasteiger partial charge >= 0.3 is 0 Å². The van der Waals surface area contributed by atoms with Crippen molar-refractivity contribution >= 4 is 11.0 Å². The van der Waals surface area contributed by atoms with Crippen LogP contribution in [0.15, 0.2) is 34.9 Å². The number of rotatable bonds is 3. The minimum Gasteiger partial charge on any atom is -0.464 e. The lowest BCUT2D eigenvalue weighted by Gasteiger charge is -2.07. The highest BCUT2D eigenvalue weighted by atomic mass is 16.3. The highest BCUT2D eigenvalue weighted by molar-refractivity contribution is 5.77. The van der Waals surface area contributed by atoms with Gasteiger partial charge in [0.05, 0.1) is 6.26 Å². The fourth-order valence-corrected chi connectivity index (χ4v) is 1.63. The van der Waals surface area contributed by atoms with E-state index in [2.05, 4.69) is 19.1 Å². The van der Waals surface area contributed by atoms with Crippen molar-refractivity contribution in [2.75, 3.05) is 6.54 Å². The lowest BCUT2D eigenvalue weighted by atomic mass is 10.0. The first-order valence-electron chi connectivity index (χ1n) is 4.96. The van der Waals surface area contributed by atoms with Crippen LogP contribution in [0.3, 0.4) is 0 Å². The van der Waals surface area contributed by atoms with Gasteiger partial charge in [-0.3, -0.25) is 0 Å². The van der Waals surface area contributed by atoms with Gasteiger partial charge in [0.1, 0.15) is 5.58 Å². The third-order valence-corrected chi connectivity index (χ3v) is 2.50. The van der Waals surface area contributed by atoms with Crippen molar-refractivity contribution in [1.82, 2.24) is 0 Å². The predicted molar refractivity (Wildman–Crippen MR) is 58.1 cm³/mol. The van der Waals surface area contributed by atoms with Gasteiger partial charge in [0.15, 0.2) is 0 Å². The van der Waals surface area contributed by atoms with E-state index in [1.54, 1.807) is 6.26 Å². The van der Waals surface area contributed by atoms with E-state index >= 15 is 0 Å². The van der Waals surface area contributed by atoms with Crippen molar-refractivity contribution in [2.45, 2.75) is 13.3 Å². The number of nitrogens with two attached hydrogens (primary N) is 1. The van der Waals surface area contributed by atoms with Crippen molar-refractivity contribution < 1.29 is 4.42 Å². The second-order valence-electron chi connectivity index (χ2n) is 3.84. The summed E-state index contributed by atoms with van der Waals surface area (Å²) in [5, 5.41) is 1.17. The van der Waals surface area contributed by atoms with E-state index in [-0.39, 0.29) is 0 Å². The molecule has 2 N–H and O–H groups in total. The summed E-state index contributed by atoms with van der Waals surface area (Å²) in [5.74, 6) is 0.541. The third kappa shape index (κ3) is 1.80. The van der Waals surface area contributed by atoms with E-state index in [0.717, 1.165) is 18.5 Å². The van der Waals surface area contributed by atoms with Crippen molar-refractivity contribution in [1.29, 1.82) is 0 Å². The van der Waals surface area contributed by atoms with Gasteiger partial charge in [0, 0.05) is 5.39 Å². The van der Waals surface area contributed by atoms with E-state index in [1.807, 2.05) is 12.1 Å². The van der Waals surface area contributed by atoms with Gasteiger partial charge < -0.3 is 10.2 Å². The first kappa shape index (κ1) is 9.28. The number of furan rings is 1. The third-order valence-electron chi connectivity index (χ3n) is 2.50. The molecule has 0 saturated carbocycles. The average Bonchev–Trinajstić information content (AvgIpc) is 2.64. The molecule has 0 radical (unpaired) electrons. The van der Waals surface area contributed by atoms with Crippen molar-refractivity contribution in [3.05, 3.63) is 36.1 Å². The van der Waals surface area contributed by atoms with Gasteiger partial charge in [-0.25, -0.2) is 0 Å². The second kappa shape index (κ2) is 3.84. The number of benzene rings is 1. The van der Waals surface area contributed by atoms with Gasteiger partial charge in [-0.2, -0.15) is 0 Å². The molecule has 2 aromatic rings. The molecule has 0 aliphatic rings. The Kier molecular flexibility index (Phi) is 2.55. The molecule has 2 rings (SSSR count). The lowest BCUT2D eigenvalue weighted by molar-refractivity contribution is 0.592.